The van der Waals surface area contributed by atoms with E-state index in [-0.39, 0.29) is 16.3 Å². The molecule has 8 heteroatoms. The van der Waals surface area contributed by atoms with Crippen LogP contribution in [0.4, 0.5) is 0 Å². The van der Waals surface area contributed by atoms with E-state index >= 15 is 0 Å². The Morgan fingerprint density at radius 1 is 1.35 bits per heavy atom. The third-order valence-corrected chi connectivity index (χ3v) is 5.45. The van der Waals surface area contributed by atoms with Gasteiger partial charge >= 0.3 is 5.03 Å². The largest absolute Gasteiger partial charge is 0.358 e. The van der Waals surface area contributed by atoms with E-state index in [2.05, 4.69) is 9.79 Å². The topological polar surface area (TPSA) is 87.1 Å². The molecule has 6 nitrogen and oxygen atoms in total. The third kappa shape index (κ3) is 3.13. The molecule has 0 saturated carbocycles. The number of aromatic nitrogens is 2. The summed E-state index contributed by atoms with van der Waals surface area (Å²) in [6.07, 6.45) is 0. The smallest absolute Gasteiger partial charge is 0.316 e. The molecule has 0 saturated heterocycles. The van der Waals surface area contributed by atoms with Crippen molar-refractivity contribution in [2.45, 2.75) is 11.9 Å². The number of benzene rings is 1. The lowest BCUT2D eigenvalue weighted by molar-refractivity contribution is -0.832. The highest BCUT2D eigenvalue weighted by Gasteiger charge is 2.32. The van der Waals surface area contributed by atoms with E-state index in [1.807, 2.05) is 6.92 Å². The maximum absolute atomic E-state index is 12.2. The predicted molar refractivity (Wildman–Crippen MR) is 76.0 cm³/mol. The second-order valence-electron chi connectivity index (χ2n) is 3.97. The normalized spacial score (nSPS) is 11.7. The average Bonchev–Trinajstić information content (AvgIpc) is 2.83. The van der Waals surface area contributed by atoms with Crippen molar-refractivity contribution in [3.05, 3.63) is 35.5 Å². The molecule has 0 aliphatic heterocycles. The molecule has 20 heavy (non-hydrogen) atoms. The van der Waals surface area contributed by atoms with Crippen LogP contribution < -0.4 is 4.90 Å². The highest BCUT2D eigenvalue weighted by Crippen LogP contribution is 2.23. The van der Waals surface area contributed by atoms with Crippen LogP contribution in [-0.4, -0.2) is 30.8 Å². The van der Waals surface area contributed by atoms with Gasteiger partial charge in [0.25, 0.3) is 5.69 Å². The molecule has 2 aromatic rings. The second kappa shape index (κ2) is 6.27. The van der Waals surface area contributed by atoms with Crippen molar-refractivity contribution in [1.29, 1.82) is 0 Å². The van der Waals surface area contributed by atoms with Gasteiger partial charge in [-0.1, -0.05) is 37.3 Å². The summed E-state index contributed by atoms with van der Waals surface area (Å²) < 4.78 is 29.0. The molecule has 1 aromatic carbocycles. The Bertz CT molecular complexity index is 668. The van der Waals surface area contributed by atoms with Crippen LogP contribution in [0.1, 0.15) is 6.92 Å². The van der Waals surface area contributed by atoms with Crippen molar-refractivity contribution in [2.24, 2.45) is 0 Å². The van der Waals surface area contributed by atoms with E-state index in [4.69, 9.17) is 0 Å². The molecule has 0 amide bonds. The Morgan fingerprint density at radius 3 is 2.70 bits per heavy atom. The summed E-state index contributed by atoms with van der Waals surface area (Å²) in [4.78, 5) is -0.0335. The van der Waals surface area contributed by atoms with Crippen LogP contribution in [0.25, 0.3) is 11.3 Å². The standard InChI is InChI=1S/C12H14N2O4S2/c1-2-19-8-9-20(16,17)12-11(13-18-14(12)15)10-6-4-3-5-7-10/h3-7H,2,8-9H2,1H3. The first-order valence-corrected chi connectivity index (χ1v) is 8.82. The minimum absolute atomic E-state index is 0.0335. The quantitative estimate of drug-likeness (QED) is 0.593. The summed E-state index contributed by atoms with van der Waals surface area (Å²) in [6, 6.07) is 8.63. The van der Waals surface area contributed by atoms with Gasteiger partial charge in [0.05, 0.1) is 5.75 Å². The van der Waals surface area contributed by atoms with Gasteiger partial charge in [-0.2, -0.15) is 11.8 Å². The molecule has 0 atom stereocenters. The summed E-state index contributed by atoms with van der Waals surface area (Å²) in [7, 11) is -3.73. The van der Waals surface area contributed by atoms with Crippen molar-refractivity contribution in [3.63, 3.8) is 0 Å². The molecule has 108 valence electrons. The molecule has 0 radical (unpaired) electrons. The van der Waals surface area contributed by atoms with Crippen molar-refractivity contribution in [1.82, 2.24) is 5.16 Å². The fourth-order valence-corrected chi connectivity index (χ4v) is 4.22. The van der Waals surface area contributed by atoms with Crippen LogP contribution in [0.5, 0.6) is 0 Å². The lowest BCUT2D eigenvalue weighted by Crippen LogP contribution is -2.32. The Kier molecular flexibility index (Phi) is 4.66. The van der Waals surface area contributed by atoms with Crippen molar-refractivity contribution in [2.75, 3.05) is 17.3 Å². The van der Waals surface area contributed by atoms with Gasteiger partial charge in [-0.25, -0.2) is 8.42 Å². The van der Waals surface area contributed by atoms with Gasteiger partial charge in [0.2, 0.25) is 9.84 Å². The Morgan fingerprint density at radius 2 is 2.05 bits per heavy atom. The monoisotopic (exact) mass is 314 g/mol. The van der Waals surface area contributed by atoms with E-state index in [1.54, 1.807) is 30.3 Å². The second-order valence-corrected chi connectivity index (χ2v) is 7.38. The molecule has 0 aliphatic carbocycles. The Balaban J connectivity index is 2.40. The van der Waals surface area contributed by atoms with Crippen molar-refractivity contribution < 1.29 is 17.9 Å². The molecule has 1 heterocycles. The van der Waals surface area contributed by atoms with E-state index in [0.717, 1.165) is 5.75 Å². The van der Waals surface area contributed by atoms with E-state index in [9.17, 15) is 13.6 Å². The van der Waals surface area contributed by atoms with Crippen LogP contribution in [0.2, 0.25) is 0 Å². The molecular formula is C12H14N2O4S2. The van der Waals surface area contributed by atoms with E-state index < -0.39 is 14.9 Å². The van der Waals surface area contributed by atoms with E-state index in [1.165, 1.54) is 11.8 Å². The highest BCUT2D eigenvalue weighted by molar-refractivity contribution is 8.00. The van der Waals surface area contributed by atoms with Crippen LogP contribution in [-0.2, 0) is 9.84 Å². The lowest BCUT2D eigenvalue weighted by atomic mass is 10.2. The van der Waals surface area contributed by atoms with Gasteiger partial charge < -0.3 is 5.21 Å². The van der Waals surface area contributed by atoms with Crippen LogP contribution >= 0.6 is 11.8 Å². The minimum atomic E-state index is -3.73. The predicted octanol–water partition coefficient (Wildman–Crippen LogP) is 1.50. The van der Waals surface area contributed by atoms with Crippen LogP contribution in [0.3, 0.4) is 0 Å². The van der Waals surface area contributed by atoms with Crippen LogP contribution in [0.15, 0.2) is 40.0 Å². The first kappa shape index (κ1) is 14.9. The van der Waals surface area contributed by atoms with Gasteiger partial charge in [0, 0.05) is 16.5 Å². The molecule has 1 aromatic heterocycles. The van der Waals surface area contributed by atoms with Gasteiger partial charge in [0.1, 0.15) is 0 Å². The maximum Gasteiger partial charge on any atom is 0.316 e. The number of sulfone groups is 1. The van der Waals surface area contributed by atoms with Crippen molar-refractivity contribution >= 4 is 21.6 Å². The average molecular weight is 314 g/mol. The van der Waals surface area contributed by atoms with Gasteiger partial charge in [-0.15, -0.1) is 0 Å². The zero-order valence-electron chi connectivity index (χ0n) is 10.9. The van der Waals surface area contributed by atoms with Gasteiger partial charge in [0.15, 0.2) is 0 Å². The maximum atomic E-state index is 12.2. The summed E-state index contributed by atoms with van der Waals surface area (Å²) >= 11 is 1.50. The number of rotatable bonds is 6. The molecule has 0 fully saturated rings. The summed E-state index contributed by atoms with van der Waals surface area (Å²) in [5.41, 5.74) is 0.592. The molecule has 0 spiro atoms. The number of nitrogens with zero attached hydrogens (tertiary/aromatic N) is 2. The molecule has 2 rings (SSSR count). The summed E-state index contributed by atoms with van der Waals surface area (Å²) in [5.74, 6) is 1.13. The first-order valence-electron chi connectivity index (χ1n) is 6.02. The third-order valence-electron chi connectivity index (χ3n) is 2.62. The number of hydrogen-bond acceptors (Lipinski definition) is 6. The van der Waals surface area contributed by atoms with Crippen molar-refractivity contribution in [3.8, 4) is 11.3 Å². The van der Waals surface area contributed by atoms with Gasteiger partial charge in [-0.05, 0) is 10.7 Å². The SMILES string of the molecule is CCSCCS(=O)(=O)c1c(-c2ccccc2)no[n+]1[O-]. The Hall–Kier alpha value is -1.54. The zero-order chi connectivity index (χ0) is 14.6. The number of hydrogen-bond donors (Lipinski definition) is 0. The van der Waals surface area contributed by atoms with Crippen LogP contribution in [0, 0.1) is 5.21 Å². The molecular weight excluding hydrogens is 300 g/mol. The number of thioether (sulfide) groups is 1. The Labute approximate surface area is 121 Å². The zero-order valence-corrected chi connectivity index (χ0v) is 12.5. The minimum Gasteiger partial charge on any atom is -0.358 e. The summed E-state index contributed by atoms with van der Waals surface area (Å²) in [5, 5.41) is 14.7. The fourth-order valence-electron chi connectivity index (χ4n) is 1.68. The molecule has 0 aliphatic rings. The molecule has 0 N–H and O–H groups in total. The first-order chi connectivity index (χ1) is 9.56. The highest BCUT2D eigenvalue weighted by atomic mass is 32.2. The fraction of sp³-hybridized carbons (Fsp3) is 0.333. The lowest BCUT2D eigenvalue weighted by Gasteiger charge is -2.01. The molecule has 0 unspecified atom stereocenters. The van der Waals surface area contributed by atoms with E-state index in [0.29, 0.717) is 11.3 Å². The van der Waals surface area contributed by atoms with Gasteiger partial charge in [-0.3, -0.25) is 4.63 Å². The molecule has 0 bridgehead atoms. The summed E-state index contributed by atoms with van der Waals surface area (Å²) in [6.45, 7) is 1.94.